The van der Waals surface area contributed by atoms with Gasteiger partial charge in [-0.25, -0.2) is 0 Å². The highest BCUT2D eigenvalue weighted by molar-refractivity contribution is 7.10. The predicted molar refractivity (Wildman–Crippen MR) is 97.4 cm³/mol. The number of hydrogen-bond acceptors (Lipinski definition) is 4. The van der Waals surface area contributed by atoms with Gasteiger partial charge in [-0.3, -0.25) is 9.69 Å². The molecule has 1 aliphatic rings. The first-order valence-corrected chi connectivity index (χ1v) is 9.22. The van der Waals surface area contributed by atoms with E-state index >= 15 is 0 Å². The van der Waals surface area contributed by atoms with Crippen molar-refractivity contribution < 1.29 is 9.53 Å². The predicted octanol–water partition coefficient (Wildman–Crippen LogP) is 3.41. The van der Waals surface area contributed by atoms with Gasteiger partial charge in [0.05, 0.1) is 19.3 Å². The van der Waals surface area contributed by atoms with E-state index in [0.717, 1.165) is 38.4 Å². The van der Waals surface area contributed by atoms with Gasteiger partial charge in [0, 0.05) is 37.1 Å². The first-order valence-electron chi connectivity index (χ1n) is 8.35. The largest absolute Gasteiger partial charge is 0.379 e. The molecule has 0 unspecified atom stereocenters. The van der Waals surface area contributed by atoms with Crippen molar-refractivity contribution in [1.82, 2.24) is 9.80 Å². The number of carbonyl (C=O) groups excluding carboxylic acids is 1. The lowest BCUT2D eigenvalue weighted by Gasteiger charge is -2.27. The molecule has 0 N–H and O–H groups in total. The van der Waals surface area contributed by atoms with Gasteiger partial charge in [-0.2, -0.15) is 0 Å². The molecule has 2 heterocycles. The summed E-state index contributed by atoms with van der Waals surface area (Å²) >= 11 is 1.69. The number of carbonyl (C=O) groups is 1. The van der Waals surface area contributed by atoms with Crippen molar-refractivity contribution in [3.63, 3.8) is 0 Å². The fourth-order valence-electron chi connectivity index (χ4n) is 2.92. The Balaban J connectivity index is 1.69. The van der Waals surface area contributed by atoms with Crippen molar-refractivity contribution >= 4 is 17.2 Å². The minimum atomic E-state index is 0.0692. The van der Waals surface area contributed by atoms with Gasteiger partial charge < -0.3 is 9.64 Å². The Labute approximate surface area is 147 Å². The van der Waals surface area contributed by atoms with E-state index in [4.69, 9.17) is 4.74 Å². The van der Waals surface area contributed by atoms with E-state index in [-0.39, 0.29) is 11.9 Å². The molecule has 1 amide bonds. The molecule has 3 rings (SSSR count). The van der Waals surface area contributed by atoms with Crippen LogP contribution in [-0.4, -0.2) is 49.1 Å². The van der Waals surface area contributed by atoms with Crippen molar-refractivity contribution in [1.29, 1.82) is 0 Å². The highest BCUT2D eigenvalue weighted by Gasteiger charge is 2.20. The Morgan fingerprint density at radius 1 is 1.29 bits per heavy atom. The lowest BCUT2D eigenvalue weighted by atomic mass is 10.1. The Hall–Kier alpha value is -1.69. The molecule has 0 aliphatic carbocycles. The average molecular weight is 344 g/mol. The van der Waals surface area contributed by atoms with Gasteiger partial charge in [0.2, 0.25) is 0 Å². The van der Waals surface area contributed by atoms with Gasteiger partial charge in [-0.15, -0.1) is 11.3 Å². The van der Waals surface area contributed by atoms with E-state index in [1.807, 2.05) is 41.6 Å². The third-order valence-corrected chi connectivity index (χ3v) is 5.58. The molecule has 1 aromatic carbocycles. The monoisotopic (exact) mass is 344 g/mol. The smallest absolute Gasteiger partial charge is 0.254 e. The summed E-state index contributed by atoms with van der Waals surface area (Å²) < 4.78 is 5.39. The van der Waals surface area contributed by atoms with Crippen LogP contribution >= 0.6 is 11.3 Å². The van der Waals surface area contributed by atoms with Gasteiger partial charge in [-0.1, -0.05) is 18.2 Å². The molecule has 0 saturated carbocycles. The quantitative estimate of drug-likeness (QED) is 0.833. The summed E-state index contributed by atoms with van der Waals surface area (Å²) in [5.41, 5.74) is 1.94. The fraction of sp³-hybridized carbons (Fsp3) is 0.421. The molecule has 2 aromatic rings. The SMILES string of the molecule is C[C@@H](c1cccs1)N(C)C(=O)c1cccc(CN2CCOCC2)c1. The Morgan fingerprint density at radius 2 is 2.08 bits per heavy atom. The van der Waals surface area contributed by atoms with Crippen molar-refractivity contribution in [2.75, 3.05) is 33.4 Å². The molecule has 128 valence electrons. The first-order chi connectivity index (χ1) is 11.6. The van der Waals surface area contributed by atoms with Crippen molar-refractivity contribution in [2.24, 2.45) is 0 Å². The maximum Gasteiger partial charge on any atom is 0.254 e. The summed E-state index contributed by atoms with van der Waals surface area (Å²) in [7, 11) is 1.88. The minimum Gasteiger partial charge on any atom is -0.379 e. The molecule has 0 bridgehead atoms. The van der Waals surface area contributed by atoms with Crippen LogP contribution in [-0.2, 0) is 11.3 Å². The van der Waals surface area contributed by atoms with Crippen LogP contribution in [0.25, 0.3) is 0 Å². The zero-order valence-electron chi connectivity index (χ0n) is 14.3. The number of rotatable bonds is 5. The van der Waals surface area contributed by atoms with Crippen LogP contribution in [0.2, 0.25) is 0 Å². The molecule has 1 atom stereocenters. The standard InChI is InChI=1S/C19H24N2O2S/c1-15(18-7-4-12-24-18)20(2)19(22)17-6-3-5-16(13-17)14-21-8-10-23-11-9-21/h3-7,12-13,15H,8-11,14H2,1-2H3/t15-/m0/s1. The van der Waals surface area contributed by atoms with Crippen LogP contribution in [0.5, 0.6) is 0 Å². The molecule has 0 spiro atoms. The summed E-state index contributed by atoms with van der Waals surface area (Å²) in [5.74, 6) is 0.0692. The molecular weight excluding hydrogens is 320 g/mol. The molecule has 1 fully saturated rings. The van der Waals surface area contributed by atoms with Gasteiger partial charge in [0.25, 0.3) is 5.91 Å². The molecular formula is C19H24N2O2S. The molecule has 1 aromatic heterocycles. The second-order valence-corrected chi connectivity index (χ2v) is 7.18. The number of thiophene rings is 1. The van der Waals surface area contributed by atoms with Crippen molar-refractivity contribution in [3.8, 4) is 0 Å². The topological polar surface area (TPSA) is 32.8 Å². The number of ether oxygens (including phenoxy) is 1. The van der Waals surface area contributed by atoms with Gasteiger partial charge in [0.15, 0.2) is 0 Å². The third-order valence-electron chi connectivity index (χ3n) is 4.54. The summed E-state index contributed by atoms with van der Waals surface area (Å²) in [6.07, 6.45) is 0. The van der Waals surface area contributed by atoms with Crippen molar-refractivity contribution in [3.05, 3.63) is 57.8 Å². The lowest BCUT2D eigenvalue weighted by molar-refractivity contribution is 0.0341. The van der Waals surface area contributed by atoms with Crippen LogP contribution in [0, 0.1) is 0 Å². The Bertz CT molecular complexity index is 666. The highest BCUT2D eigenvalue weighted by atomic mass is 32.1. The molecule has 4 nitrogen and oxygen atoms in total. The van der Waals surface area contributed by atoms with E-state index in [1.165, 1.54) is 10.4 Å². The summed E-state index contributed by atoms with van der Waals surface area (Å²) in [6, 6.07) is 12.2. The number of morpholine rings is 1. The van der Waals surface area contributed by atoms with Gasteiger partial charge in [-0.05, 0) is 36.1 Å². The van der Waals surface area contributed by atoms with E-state index in [9.17, 15) is 4.79 Å². The van der Waals surface area contributed by atoms with Crippen LogP contribution in [0.3, 0.4) is 0 Å². The molecule has 0 radical (unpaired) electrons. The average Bonchev–Trinajstić information content (AvgIpc) is 3.15. The Kier molecular flexibility index (Phi) is 5.66. The zero-order valence-corrected chi connectivity index (χ0v) is 15.1. The van der Waals surface area contributed by atoms with Crippen LogP contribution in [0.4, 0.5) is 0 Å². The van der Waals surface area contributed by atoms with E-state index < -0.39 is 0 Å². The van der Waals surface area contributed by atoms with E-state index in [2.05, 4.69) is 24.0 Å². The van der Waals surface area contributed by atoms with E-state index in [1.54, 1.807) is 11.3 Å². The van der Waals surface area contributed by atoms with E-state index in [0.29, 0.717) is 0 Å². The summed E-state index contributed by atoms with van der Waals surface area (Å²) in [5, 5.41) is 2.05. The maximum absolute atomic E-state index is 12.8. The molecule has 1 aliphatic heterocycles. The number of benzene rings is 1. The van der Waals surface area contributed by atoms with Crippen LogP contribution in [0.1, 0.15) is 33.8 Å². The fourth-order valence-corrected chi connectivity index (χ4v) is 3.75. The molecule has 5 heteroatoms. The summed E-state index contributed by atoms with van der Waals surface area (Å²) in [6.45, 7) is 6.43. The first kappa shape index (κ1) is 17.1. The van der Waals surface area contributed by atoms with Crippen LogP contribution in [0.15, 0.2) is 41.8 Å². The van der Waals surface area contributed by atoms with Crippen LogP contribution < -0.4 is 0 Å². The number of nitrogens with zero attached hydrogens (tertiary/aromatic N) is 2. The number of amides is 1. The maximum atomic E-state index is 12.8. The lowest BCUT2D eigenvalue weighted by Crippen LogP contribution is -2.35. The molecule has 24 heavy (non-hydrogen) atoms. The van der Waals surface area contributed by atoms with Crippen molar-refractivity contribution in [2.45, 2.75) is 19.5 Å². The molecule has 1 saturated heterocycles. The van der Waals surface area contributed by atoms with Gasteiger partial charge >= 0.3 is 0 Å². The Morgan fingerprint density at radius 3 is 2.79 bits per heavy atom. The second kappa shape index (κ2) is 7.92. The third kappa shape index (κ3) is 4.04. The summed E-state index contributed by atoms with van der Waals surface area (Å²) in [4.78, 5) is 18.2. The second-order valence-electron chi connectivity index (χ2n) is 6.20. The van der Waals surface area contributed by atoms with Gasteiger partial charge in [0.1, 0.15) is 0 Å². The highest BCUT2D eigenvalue weighted by Crippen LogP contribution is 2.25. The zero-order chi connectivity index (χ0) is 16.9. The number of hydrogen-bond donors (Lipinski definition) is 0. The normalized spacial score (nSPS) is 16.8. The minimum absolute atomic E-state index is 0.0692.